The summed E-state index contributed by atoms with van der Waals surface area (Å²) in [4.78, 5) is 8.91. The predicted molar refractivity (Wildman–Crippen MR) is 104 cm³/mol. The molecule has 0 unspecified atom stereocenters. The van der Waals surface area contributed by atoms with E-state index in [1.807, 2.05) is 62.4 Å². The molecule has 0 radical (unpaired) electrons. The lowest BCUT2D eigenvalue weighted by Crippen LogP contribution is -2.02. The first kappa shape index (κ1) is 17.5. The molecule has 1 heterocycles. The average Bonchev–Trinajstić information content (AvgIpc) is 2.62. The zero-order valence-corrected chi connectivity index (χ0v) is 15.3. The number of hydrogen-bond donors (Lipinski definition) is 2. The third-order valence-corrected chi connectivity index (χ3v) is 3.82. The Morgan fingerprint density at radius 1 is 0.769 bits per heavy atom. The van der Waals surface area contributed by atoms with Crippen LogP contribution in [-0.2, 0) is 0 Å². The second-order valence-corrected chi connectivity index (χ2v) is 5.87. The van der Waals surface area contributed by atoms with Gasteiger partial charge in [0.2, 0.25) is 0 Å². The summed E-state index contributed by atoms with van der Waals surface area (Å²) in [7, 11) is 3.30. The molecule has 6 nitrogen and oxygen atoms in total. The van der Waals surface area contributed by atoms with E-state index in [9.17, 15) is 0 Å². The van der Waals surface area contributed by atoms with Crippen LogP contribution in [0.25, 0.3) is 0 Å². The van der Waals surface area contributed by atoms with Crippen LogP contribution in [0, 0.1) is 13.8 Å². The third-order valence-electron chi connectivity index (χ3n) is 3.82. The van der Waals surface area contributed by atoms with Crippen molar-refractivity contribution in [2.45, 2.75) is 13.8 Å². The van der Waals surface area contributed by atoms with Crippen molar-refractivity contribution in [1.82, 2.24) is 9.97 Å². The highest BCUT2D eigenvalue weighted by Crippen LogP contribution is 2.29. The van der Waals surface area contributed by atoms with Crippen LogP contribution in [0.2, 0.25) is 0 Å². The van der Waals surface area contributed by atoms with Gasteiger partial charge >= 0.3 is 0 Å². The van der Waals surface area contributed by atoms with Crippen molar-refractivity contribution in [2.75, 3.05) is 24.9 Å². The largest absolute Gasteiger partial charge is 0.497 e. The highest BCUT2D eigenvalue weighted by molar-refractivity contribution is 5.68. The van der Waals surface area contributed by atoms with E-state index in [-0.39, 0.29) is 0 Å². The van der Waals surface area contributed by atoms with Crippen molar-refractivity contribution in [3.63, 3.8) is 0 Å². The Morgan fingerprint density at radius 3 is 2.12 bits per heavy atom. The topological polar surface area (TPSA) is 68.3 Å². The fourth-order valence-electron chi connectivity index (χ4n) is 2.58. The fraction of sp³-hybridized carbons (Fsp3) is 0.200. The average molecular weight is 350 g/mol. The molecule has 0 aliphatic heterocycles. The standard InChI is InChI=1S/C20H22N4O2/c1-13-5-10-18(26-4)17(11-13)24-20-12-19(21-14(2)22-20)23-15-6-8-16(25-3)9-7-15/h5-12H,1-4H3,(H2,21,22,23,24). The summed E-state index contributed by atoms with van der Waals surface area (Å²) < 4.78 is 10.6. The number of aromatic nitrogens is 2. The first-order valence-electron chi connectivity index (χ1n) is 8.26. The summed E-state index contributed by atoms with van der Waals surface area (Å²) >= 11 is 0. The van der Waals surface area contributed by atoms with E-state index in [0.29, 0.717) is 17.5 Å². The monoisotopic (exact) mass is 350 g/mol. The Balaban J connectivity index is 1.84. The van der Waals surface area contributed by atoms with E-state index >= 15 is 0 Å². The molecule has 0 saturated carbocycles. The Bertz CT molecular complexity index is 895. The van der Waals surface area contributed by atoms with Gasteiger partial charge in [-0.05, 0) is 55.8 Å². The van der Waals surface area contributed by atoms with E-state index in [1.165, 1.54) is 0 Å². The Hall–Kier alpha value is -3.28. The second kappa shape index (κ2) is 7.74. The summed E-state index contributed by atoms with van der Waals surface area (Å²) in [6, 6.07) is 15.5. The lowest BCUT2D eigenvalue weighted by Gasteiger charge is -2.13. The van der Waals surface area contributed by atoms with Crippen LogP contribution in [0.5, 0.6) is 11.5 Å². The molecule has 3 aromatic rings. The zero-order chi connectivity index (χ0) is 18.5. The van der Waals surface area contributed by atoms with Crippen LogP contribution < -0.4 is 20.1 Å². The number of anilines is 4. The normalized spacial score (nSPS) is 10.3. The van der Waals surface area contributed by atoms with Crippen molar-refractivity contribution in [3.8, 4) is 11.5 Å². The molecule has 26 heavy (non-hydrogen) atoms. The second-order valence-electron chi connectivity index (χ2n) is 5.87. The van der Waals surface area contributed by atoms with Crippen LogP contribution in [0.3, 0.4) is 0 Å². The van der Waals surface area contributed by atoms with Crippen LogP contribution in [-0.4, -0.2) is 24.2 Å². The molecule has 3 rings (SSSR count). The molecular formula is C20H22N4O2. The lowest BCUT2D eigenvalue weighted by atomic mass is 10.2. The number of ether oxygens (including phenoxy) is 2. The molecule has 134 valence electrons. The summed E-state index contributed by atoms with van der Waals surface area (Å²) in [5.74, 6) is 3.63. The van der Waals surface area contributed by atoms with E-state index < -0.39 is 0 Å². The van der Waals surface area contributed by atoms with Gasteiger partial charge in [0.25, 0.3) is 0 Å². The molecule has 1 aromatic heterocycles. The molecule has 0 aliphatic rings. The van der Waals surface area contributed by atoms with Gasteiger partial charge in [0.1, 0.15) is 29.0 Å². The molecular weight excluding hydrogens is 328 g/mol. The minimum atomic E-state index is 0.664. The number of benzene rings is 2. The Kier molecular flexibility index (Phi) is 5.22. The van der Waals surface area contributed by atoms with Gasteiger partial charge in [0.05, 0.1) is 19.9 Å². The van der Waals surface area contributed by atoms with Gasteiger partial charge in [-0.3, -0.25) is 0 Å². The SMILES string of the molecule is COc1ccc(Nc2cc(Nc3cc(C)ccc3OC)nc(C)n2)cc1. The highest BCUT2D eigenvalue weighted by atomic mass is 16.5. The van der Waals surface area contributed by atoms with E-state index in [0.717, 1.165) is 28.4 Å². The van der Waals surface area contributed by atoms with Gasteiger partial charge < -0.3 is 20.1 Å². The van der Waals surface area contributed by atoms with Crippen LogP contribution in [0.4, 0.5) is 23.0 Å². The molecule has 0 aliphatic carbocycles. The number of methoxy groups -OCH3 is 2. The Morgan fingerprint density at radius 2 is 1.46 bits per heavy atom. The maximum Gasteiger partial charge on any atom is 0.142 e. The van der Waals surface area contributed by atoms with E-state index in [1.54, 1.807) is 14.2 Å². The summed E-state index contributed by atoms with van der Waals surface area (Å²) in [5.41, 5.74) is 2.92. The number of nitrogens with zero attached hydrogens (tertiary/aromatic N) is 2. The van der Waals surface area contributed by atoms with Crippen LogP contribution in [0.1, 0.15) is 11.4 Å². The molecule has 0 amide bonds. The summed E-state index contributed by atoms with van der Waals surface area (Å²) in [5, 5.41) is 6.60. The number of aryl methyl sites for hydroxylation is 2. The molecule has 0 bridgehead atoms. The van der Waals surface area contributed by atoms with E-state index in [2.05, 4.69) is 20.6 Å². The molecule has 0 fully saturated rings. The maximum atomic E-state index is 5.42. The van der Waals surface area contributed by atoms with Gasteiger partial charge in [0.15, 0.2) is 0 Å². The third kappa shape index (κ3) is 4.22. The van der Waals surface area contributed by atoms with Crippen molar-refractivity contribution in [1.29, 1.82) is 0 Å². The minimum absolute atomic E-state index is 0.664. The number of nitrogens with one attached hydrogen (secondary N) is 2. The van der Waals surface area contributed by atoms with Crippen molar-refractivity contribution in [3.05, 3.63) is 59.9 Å². The molecule has 2 N–H and O–H groups in total. The van der Waals surface area contributed by atoms with E-state index in [4.69, 9.17) is 9.47 Å². The van der Waals surface area contributed by atoms with Gasteiger partial charge in [0, 0.05) is 11.8 Å². The molecule has 0 spiro atoms. The maximum absolute atomic E-state index is 5.42. The highest BCUT2D eigenvalue weighted by Gasteiger charge is 2.07. The van der Waals surface area contributed by atoms with Gasteiger partial charge in [-0.15, -0.1) is 0 Å². The van der Waals surface area contributed by atoms with Gasteiger partial charge in [-0.25, -0.2) is 9.97 Å². The summed E-state index contributed by atoms with van der Waals surface area (Å²) in [6.07, 6.45) is 0. The first-order valence-corrected chi connectivity index (χ1v) is 8.26. The van der Waals surface area contributed by atoms with Crippen LogP contribution >= 0.6 is 0 Å². The summed E-state index contributed by atoms with van der Waals surface area (Å²) in [6.45, 7) is 3.89. The molecule has 0 atom stereocenters. The zero-order valence-electron chi connectivity index (χ0n) is 15.3. The van der Waals surface area contributed by atoms with Gasteiger partial charge in [-0.1, -0.05) is 6.07 Å². The predicted octanol–water partition coefficient (Wildman–Crippen LogP) is 4.60. The first-order chi connectivity index (χ1) is 12.6. The fourth-order valence-corrected chi connectivity index (χ4v) is 2.58. The minimum Gasteiger partial charge on any atom is -0.497 e. The molecule has 2 aromatic carbocycles. The van der Waals surface area contributed by atoms with Crippen molar-refractivity contribution >= 4 is 23.0 Å². The quantitative estimate of drug-likeness (QED) is 0.677. The number of rotatable bonds is 6. The van der Waals surface area contributed by atoms with Crippen LogP contribution in [0.15, 0.2) is 48.5 Å². The van der Waals surface area contributed by atoms with Gasteiger partial charge in [-0.2, -0.15) is 0 Å². The Labute approximate surface area is 153 Å². The molecule has 6 heteroatoms. The number of hydrogen-bond acceptors (Lipinski definition) is 6. The smallest absolute Gasteiger partial charge is 0.142 e. The van der Waals surface area contributed by atoms with Crippen molar-refractivity contribution < 1.29 is 9.47 Å². The van der Waals surface area contributed by atoms with Crippen molar-refractivity contribution in [2.24, 2.45) is 0 Å². The molecule has 0 saturated heterocycles. The lowest BCUT2D eigenvalue weighted by molar-refractivity contribution is 0.415.